The first-order valence-corrected chi connectivity index (χ1v) is 11.4. The van der Waals surface area contributed by atoms with E-state index in [4.69, 9.17) is 4.42 Å². The van der Waals surface area contributed by atoms with Crippen molar-refractivity contribution in [1.29, 1.82) is 0 Å². The number of fused-ring (bicyclic) bond motifs is 1. The number of hydrogen-bond acceptors (Lipinski definition) is 5. The summed E-state index contributed by atoms with van der Waals surface area (Å²) in [7, 11) is 1.85. The van der Waals surface area contributed by atoms with Gasteiger partial charge in [0.05, 0.1) is 16.8 Å². The van der Waals surface area contributed by atoms with Crippen LogP contribution >= 0.6 is 23.1 Å². The average molecular weight is 423 g/mol. The highest BCUT2D eigenvalue weighted by molar-refractivity contribution is 7.98. The molecule has 1 amide bonds. The van der Waals surface area contributed by atoms with Gasteiger partial charge < -0.3 is 9.32 Å². The van der Waals surface area contributed by atoms with Crippen molar-refractivity contribution < 1.29 is 9.21 Å². The monoisotopic (exact) mass is 422 g/mol. The molecule has 6 heteroatoms. The zero-order valence-corrected chi connectivity index (χ0v) is 18.1. The summed E-state index contributed by atoms with van der Waals surface area (Å²) in [5, 5.41) is 3.12. The van der Waals surface area contributed by atoms with Crippen LogP contribution in [-0.4, -0.2) is 22.8 Å². The second-order valence-corrected chi connectivity index (χ2v) is 8.52. The number of hydrogen-bond donors (Lipinski definition) is 0. The molecule has 0 bridgehead atoms. The van der Waals surface area contributed by atoms with E-state index in [-0.39, 0.29) is 5.91 Å². The Balaban J connectivity index is 1.56. The Bertz CT molecular complexity index is 1120. The number of para-hydroxylation sites is 1. The van der Waals surface area contributed by atoms with Gasteiger partial charge >= 0.3 is 0 Å². The summed E-state index contributed by atoms with van der Waals surface area (Å²) >= 11 is 3.23. The Hall–Kier alpha value is -2.57. The number of carbonyl (C=O) groups excluding carboxylic acids is 1. The number of nitrogens with zero attached hydrogens (tertiary/aromatic N) is 2. The van der Waals surface area contributed by atoms with Crippen molar-refractivity contribution in [1.82, 2.24) is 9.88 Å². The molecule has 0 saturated carbocycles. The summed E-state index contributed by atoms with van der Waals surface area (Å²) in [5.74, 6) is 1.71. The van der Waals surface area contributed by atoms with Gasteiger partial charge in [-0.05, 0) is 18.2 Å². The first kappa shape index (κ1) is 19.7. The van der Waals surface area contributed by atoms with Gasteiger partial charge in [-0.2, -0.15) is 0 Å². The molecule has 0 atom stereocenters. The summed E-state index contributed by atoms with van der Waals surface area (Å²) in [6.45, 7) is 2.59. The van der Waals surface area contributed by atoms with Crippen LogP contribution in [0.2, 0.25) is 0 Å². The quantitative estimate of drug-likeness (QED) is 0.342. The van der Waals surface area contributed by atoms with Gasteiger partial charge in [0, 0.05) is 47.0 Å². The van der Waals surface area contributed by atoms with Crippen molar-refractivity contribution in [2.24, 2.45) is 0 Å². The average Bonchev–Trinajstić information content (AvgIpc) is 3.40. The van der Waals surface area contributed by atoms with Crippen molar-refractivity contribution in [3.63, 3.8) is 0 Å². The van der Waals surface area contributed by atoms with Gasteiger partial charge in [-0.15, -0.1) is 23.1 Å². The van der Waals surface area contributed by atoms with Gasteiger partial charge in [-0.25, -0.2) is 4.98 Å². The molecule has 2 aromatic heterocycles. The van der Waals surface area contributed by atoms with Crippen molar-refractivity contribution in [2.45, 2.75) is 30.5 Å². The number of amides is 1. The smallest absolute Gasteiger partial charge is 0.255 e. The van der Waals surface area contributed by atoms with E-state index in [9.17, 15) is 4.79 Å². The fourth-order valence-corrected chi connectivity index (χ4v) is 4.96. The molecule has 4 nitrogen and oxygen atoms in total. The summed E-state index contributed by atoms with van der Waals surface area (Å²) in [5.41, 5.74) is 5.56. The molecule has 0 fully saturated rings. The summed E-state index contributed by atoms with van der Waals surface area (Å²) in [6.07, 6.45) is 0.798. The summed E-state index contributed by atoms with van der Waals surface area (Å²) < 4.78 is 5.99. The molecule has 148 valence electrons. The predicted octanol–water partition coefficient (Wildman–Crippen LogP) is 6.02. The molecule has 4 aromatic rings. The molecule has 0 aliphatic heterocycles. The normalized spacial score (nSPS) is 11.1. The predicted molar refractivity (Wildman–Crippen MR) is 120 cm³/mol. The Morgan fingerprint density at radius 2 is 1.97 bits per heavy atom. The SMILES string of the molecule is CCc1oc2ccccc2c1CN(C)C(=O)c1ccccc1SCc1cscn1. The topological polar surface area (TPSA) is 46.3 Å². The van der Waals surface area contributed by atoms with Crippen molar-refractivity contribution in [3.05, 3.63) is 82.0 Å². The third-order valence-corrected chi connectivity index (χ3v) is 6.56. The van der Waals surface area contributed by atoms with Crippen LogP contribution in [0.5, 0.6) is 0 Å². The van der Waals surface area contributed by atoms with E-state index in [1.165, 1.54) is 0 Å². The van der Waals surface area contributed by atoms with Gasteiger partial charge in [-0.3, -0.25) is 4.79 Å². The molecule has 0 saturated heterocycles. The maximum Gasteiger partial charge on any atom is 0.255 e. The first-order chi connectivity index (χ1) is 14.2. The Kier molecular flexibility index (Phi) is 6.02. The number of furan rings is 1. The number of rotatable bonds is 7. The number of aromatic nitrogens is 1. The number of benzene rings is 2. The van der Waals surface area contributed by atoms with E-state index in [1.54, 1.807) is 28.0 Å². The lowest BCUT2D eigenvalue weighted by Gasteiger charge is -2.19. The molecule has 29 heavy (non-hydrogen) atoms. The van der Waals surface area contributed by atoms with E-state index in [0.717, 1.165) is 50.6 Å². The van der Waals surface area contributed by atoms with E-state index in [1.807, 2.05) is 60.4 Å². The second-order valence-electron chi connectivity index (χ2n) is 6.78. The molecule has 0 unspecified atom stereocenters. The fraction of sp³-hybridized carbons (Fsp3) is 0.217. The number of thioether (sulfide) groups is 1. The Labute approximate surface area is 178 Å². The molecule has 2 heterocycles. The molecular weight excluding hydrogens is 400 g/mol. The molecule has 0 radical (unpaired) electrons. The van der Waals surface area contributed by atoms with E-state index >= 15 is 0 Å². The lowest BCUT2D eigenvalue weighted by Crippen LogP contribution is -2.27. The second kappa shape index (κ2) is 8.84. The zero-order chi connectivity index (χ0) is 20.2. The van der Waals surface area contributed by atoms with Crippen LogP contribution in [0.15, 0.2) is 68.7 Å². The third kappa shape index (κ3) is 4.23. The molecule has 0 aliphatic rings. The maximum atomic E-state index is 13.3. The van der Waals surface area contributed by atoms with Gasteiger partial charge in [0.15, 0.2) is 0 Å². The van der Waals surface area contributed by atoms with Crippen LogP contribution in [0.3, 0.4) is 0 Å². The van der Waals surface area contributed by atoms with Crippen LogP contribution in [0.1, 0.15) is 34.3 Å². The molecule has 0 spiro atoms. The minimum Gasteiger partial charge on any atom is -0.461 e. The van der Waals surface area contributed by atoms with Crippen LogP contribution < -0.4 is 0 Å². The summed E-state index contributed by atoms with van der Waals surface area (Å²) in [6, 6.07) is 15.8. The summed E-state index contributed by atoms with van der Waals surface area (Å²) in [4.78, 5) is 20.3. The minimum atomic E-state index is 0.0127. The van der Waals surface area contributed by atoms with Crippen LogP contribution in [0.4, 0.5) is 0 Å². The minimum absolute atomic E-state index is 0.0127. The standard InChI is InChI=1S/C23H22N2O2S2/c1-3-20-19(17-8-4-6-10-21(17)27-20)12-25(2)23(26)18-9-5-7-11-22(18)29-14-16-13-28-15-24-16/h4-11,13,15H,3,12,14H2,1-2H3. The molecule has 4 rings (SSSR count). The van der Waals surface area contributed by atoms with Crippen LogP contribution in [-0.2, 0) is 18.7 Å². The molecule has 0 N–H and O–H groups in total. The molecule has 2 aromatic carbocycles. The molecule has 0 aliphatic carbocycles. The van der Waals surface area contributed by atoms with E-state index < -0.39 is 0 Å². The van der Waals surface area contributed by atoms with Crippen LogP contribution in [0, 0.1) is 0 Å². The highest BCUT2D eigenvalue weighted by Gasteiger charge is 2.20. The van der Waals surface area contributed by atoms with E-state index in [2.05, 4.69) is 18.0 Å². The maximum absolute atomic E-state index is 13.3. The third-order valence-electron chi connectivity index (χ3n) is 4.82. The van der Waals surface area contributed by atoms with Crippen LogP contribution in [0.25, 0.3) is 11.0 Å². The zero-order valence-electron chi connectivity index (χ0n) is 16.4. The van der Waals surface area contributed by atoms with Gasteiger partial charge in [0.25, 0.3) is 5.91 Å². The largest absolute Gasteiger partial charge is 0.461 e. The number of carbonyl (C=O) groups is 1. The van der Waals surface area contributed by atoms with Crippen molar-refractivity contribution >= 4 is 40.0 Å². The Morgan fingerprint density at radius 1 is 1.17 bits per heavy atom. The van der Waals surface area contributed by atoms with Gasteiger partial charge in [0.2, 0.25) is 0 Å². The highest BCUT2D eigenvalue weighted by Crippen LogP contribution is 2.30. The molecular formula is C23H22N2O2S2. The lowest BCUT2D eigenvalue weighted by molar-refractivity contribution is 0.0781. The highest BCUT2D eigenvalue weighted by atomic mass is 32.2. The van der Waals surface area contributed by atoms with Gasteiger partial charge in [-0.1, -0.05) is 37.3 Å². The number of thiazole rings is 1. The van der Waals surface area contributed by atoms with Gasteiger partial charge in [0.1, 0.15) is 11.3 Å². The first-order valence-electron chi connectivity index (χ1n) is 9.51. The lowest BCUT2D eigenvalue weighted by atomic mass is 10.1. The van der Waals surface area contributed by atoms with Crippen molar-refractivity contribution in [3.8, 4) is 0 Å². The Morgan fingerprint density at radius 3 is 2.76 bits per heavy atom. The van der Waals surface area contributed by atoms with Crippen molar-refractivity contribution in [2.75, 3.05) is 7.05 Å². The van der Waals surface area contributed by atoms with E-state index in [0.29, 0.717) is 6.54 Å². The number of aryl methyl sites for hydroxylation is 1. The fourth-order valence-electron chi connectivity index (χ4n) is 3.35.